The molecule has 2 N–H and O–H groups in total. The smallest absolute Gasteiger partial charge is 0.241 e. The Kier molecular flexibility index (Phi) is 5.63. The topological polar surface area (TPSA) is 41.1 Å². The molecule has 1 aromatic rings. The van der Waals surface area contributed by atoms with Crippen LogP contribution < -0.4 is 10.6 Å². The van der Waals surface area contributed by atoms with Crippen LogP contribution >= 0.6 is 0 Å². The molecule has 3 nitrogen and oxygen atoms in total. The van der Waals surface area contributed by atoms with E-state index >= 15 is 0 Å². The van der Waals surface area contributed by atoms with Gasteiger partial charge in [-0.15, -0.1) is 0 Å². The van der Waals surface area contributed by atoms with Gasteiger partial charge in [-0.05, 0) is 56.2 Å². The molecule has 1 fully saturated rings. The van der Waals surface area contributed by atoms with Crippen molar-refractivity contribution in [1.29, 1.82) is 0 Å². The Morgan fingerprint density at radius 3 is 2.68 bits per heavy atom. The highest BCUT2D eigenvalue weighted by atomic mass is 16.2. The molecular formula is C19H30N2O. The molecule has 3 heteroatoms. The van der Waals surface area contributed by atoms with E-state index < -0.39 is 0 Å². The molecule has 1 saturated carbocycles. The highest BCUT2D eigenvalue weighted by molar-refractivity contribution is 5.95. The first-order valence-corrected chi connectivity index (χ1v) is 8.52. The highest BCUT2D eigenvalue weighted by Gasteiger charge is 2.29. The predicted octanol–water partition coefficient (Wildman–Crippen LogP) is 4.04. The van der Waals surface area contributed by atoms with Gasteiger partial charge in [0.25, 0.3) is 0 Å². The van der Waals surface area contributed by atoms with Gasteiger partial charge in [0.05, 0.1) is 6.04 Å². The minimum absolute atomic E-state index is 0.0547. The van der Waals surface area contributed by atoms with Gasteiger partial charge < -0.3 is 10.6 Å². The summed E-state index contributed by atoms with van der Waals surface area (Å²) in [5, 5.41) is 6.61. The molecule has 0 aromatic heterocycles. The van der Waals surface area contributed by atoms with Gasteiger partial charge in [0, 0.05) is 11.7 Å². The zero-order chi connectivity index (χ0) is 16.3. The van der Waals surface area contributed by atoms with Crippen LogP contribution in [0.2, 0.25) is 0 Å². The molecule has 0 saturated heterocycles. The lowest BCUT2D eigenvalue weighted by Gasteiger charge is -2.36. The largest absolute Gasteiger partial charge is 0.324 e. The monoisotopic (exact) mass is 302 g/mol. The molecule has 1 amide bonds. The number of rotatable bonds is 4. The summed E-state index contributed by atoms with van der Waals surface area (Å²) in [5.74, 6) is 1.42. The second kappa shape index (κ2) is 7.28. The van der Waals surface area contributed by atoms with Crippen LogP contribution in [0.25, 0.3) is 0 Å². The van der Waals surface area contributed by atoms with Gasteiger partial charge in [-0.1, -0.05) is 38.8 Å². The molecule has 1 aliphatic rings. The summed E-state index contributed by atoms with van der Waals surface area (Å²) in [6.45, 7) is 10.7. The SMILES string of the molecule is Cc1ccc(C)c(NC(=O)C(C)NC2CCCC(C)C2C)c1. The third kappa shape index (κ3) is 4.10. The minimum atomic E-state index is -0.169. The van der Waals surface area contributed by atoms with Gasteiger partial charge in [-0.3, -0.25) is 4.79 Å². The van der Waals surface area contributed by atoms with Gasteiger partial charge in [0.2, 0.25) is 5.91 Å². The summed E-state index contributed by atoms with van der Waals surface area (Å²) in [6.07, 6.45) is 3.74. The molecule has 0 aliphatic heterocycles. The number of anilines is 1. The van der Waals surface area contributed by atoms with E-state index in [1.54, 1.807) is 0 Å². The van der Waals surface area contributed by atoms with Crippen molar-refractivity contribution in [3.8, 4) is 0 Å². The molecule has 0 heterocycles. The highest BCUT2D eigenvalue weighted by Crippen LogP contribution is 2.29. The van der Waals surface area contributed by atoms with Gasteiger partial charge in [0.15, 0.2) is 0 Å². The van der Waals surface area contributed by atoms with E-state index in [1.165, 1.54) is 19.3 Å². The Morgan fingerprint density at radius 1 is 1.23 bits per heavy atom. The van der Waals surface area contributed by atoms with Crippen LogP contribution in [0.15, 0.2) is 18.2 Å². The van der Waals surface area contributed by atoms with Crippen molar-refractivity contribution in [2.45, 2.75) is 66.0 Å². The van der Waals surface area contributed by atoms with Gasteiger partial charge >= 0.3 is 0 Å². The lowest BCUT2D eigenvalue weighted by molar-refractivity contribution is -0.118. The fraction of sp³-hybridized carbons (Fsp3) is 0.632. The Balaban J connectivity index is 1.96. The van der Waals surface area contributed by atoms with E-state index in [0.717, 1.165) is 22.7 Å². The van der Waals surface area contributed by atoms with Crippen molar-refractivity contribution in [3.63, 3.8) is 0 Å². The normalized spacial score (nSPS) is 26.5. The van der Waals surface area contributed by atoms with Crippen LogP contribution in [0.3, 0.4) is 0 Å². The second-order valence-electron chi connectivity index (χ2n) is 7.07. The van der Waals surface area contributed by atoms with E-state index in [1.807, 2.05) is 32.9 Å². The molecule has 1 aromatic carbocycles. The van der Waals surface area contributed by atoms with E-state index in [0.29, 0.717) is 12.0 Å². The molecule has 4 atom stereocenters. The maximum Gasteiger partial charge on any atom is 0.241 e. The Hall–Kier alpha value is -1.35. The van der Waals surface area contributed by atoms with Crippen molar-refractivity contribution in [2.75, 3.05) is 5.32 Å². The van der Waals surface area contributed by atoms with E-state index in [-0.39, 0.29) is 11.9 Å². The third-order valence-electron chi connectivity index (χ3n) is 5.22. The number of carbonyl (C=O) groups is 1. The Morgan fingerprint density at radius 2 is 1.95 bits per heavy atom. The quantitative estimate of drug-likeness (QED) is 0.881. The second-order valence-corrected chi connectivity index (χ2v) is 7.07. The molecule has 0 radical (unpaired) electrons. The minimum Gasteiger partial charge on any atom is -0.324 e. The molecule has 4 unspecified atom stereocenters. The van der Waals surface area contributed by atoms with Gasteiger partial charge in [-0.25, -0.2) is 0 Å². The van der Waals surface area contributed by atoms with Crippen LogP contribution in [-0.4, -0.2) is 18.0 Å². The number of aryl methyl sites for hydroxylation is 2. The zero-order valence-electron chi connectivity index (χ0n) is 14.6. The van der Waals surface area contributed by atoms with Crippen LogP contribution in [0.1, 0.15) is 51.2 Å². The first kappa shape index (κ1) is 17.0. The lowest BCUT2D eigenvalue weighted by Crippen LogP contribution is -2.49. The summed E-state index contributed by atoms with van der Waals surface area (Å²) in [5.41, 5.74) is 3.19. The molecule has 1 aliphatic carbocycles. The summed E-state index contributed by atoms with van der Waals surface area (Å²) in [6, 6.07) is 6.43. The fourth-order valence-electron chi connectivity index (χ4n) is 3.33. The summed E-state index contributed by atoms with van der Waals surface area (Å²) < 4.78 is 0. The Bertz CT molecular complexity index is 526. The number of hydrogen-bond donors (Lipinski definition) is 2. The number of carbonyl (C=O) groups excluding carboxylic acids is 1. The van der Waals surface area contributed by atoms with Crippen molar-refractivity contribution in [3.05, 3.63) is 29.3 Å². The van der Waals surface area contributed by atoms with E-state index in [2.05, 4.69) is 30.5 Å². The van der Waals surface area contributed by atoms with Crippen LogP contribution in [-0.2, 0) is 4.79 Å². The molecule has 22 heavy (non-hydrogen) atoms. The summed E-state index contributed by atoms with van der Waals surface area (Å²) in [7, 11) is 0. The summed E-state index contributed by atoms with van der Waals surface area (Å²) in [4.78, 5) is 12.5. The van der Waals surface area contributed by atoms with Crippen molar-refractivity contribution in [2.24, 2.45) is 11.8 Å². The third-order valence-corrected chi connectivity index (χ3v) is 5.22. The predicted molar refractivity (Wildman–Crippen MR) is 93.1 cm³/mol. The van der Waals surface area contributed by atoms with Crippen molar-refractivity contribution in [1.82, 2.24) is 5.32 Å². The fourth-order valence-corrected chi connectivity index (χ4v) is 3.33. The molecule has 0 bridgehead atoms. The average Bonchev–Trinajstić information content (AvgIpc) is 2.47. The molecule has 0 spiro atoms. The first-order valence-electron chi connectivity index (χ1n) is 8.52. The number of amides is 1. The maximum atomic E-state index is 12.5. The Labute approximate surface area is 134 Å². The first-order chi connectivity index (χ1) is 10.4. The van der Waals surface area contributed by atoms with Crippen molar-refractivity contribution < 1.29 is 4.79 Å². The van der Waals surface area contributed by atoms with Crippen molar-refractivity contribution >= 4 is 11.6 Å². The van der Waals surface area contributed by atoms with E-state index in [9.17, 15) is 4.79 Å². The van der Waals surface area contributed by atoms with E-state index in [4.69, 9.17) is 0 Å². The number of hydrogen-bond acceptors (Lipinski definition) is 2. The van der Waals surface area contributed by atoms with Gasteiger partial charge in [-0.2, -0.15) is 0 Å². The standard InChI is InChI=1S/C19H30N2O/c1-12-9-10-14(3)18(11-12)21-19(22)16(5)20-17-8-6-7-13(2)15(17)4/h9-11,13,15-17,20H,6-8H2,1-5H3,(H,21,22). The summed E-state index contributed by atoms with van der Waals surface area (Å²) >= 11 is 0. The van der Waals surface area contributed by atoms with Gasteiger partial charge in [0.1, 0.15) is 0 Å². The lowest BCUT2D eigenvalue weighted by atomic mass is 9.78. The van der Waals surface area contributed by atoms with Crippen LogP contribution in [0.5, 0.6) is 0 Å². The number of nitrogens with one attached hydrogen (secondary N) is 2. The zero-order valence-corrected chi connectivity index (χ0v) is 14.6. The van der Waals surface area contributed by atoms with Crippen LogP contribution in [0, 0.1) is 25.7 Å². The number of benzene rings is 1. The van der Waals surface area contributed by atoms with Crippen LogP contribution in [0.4, 0.5) is 5.69 Å². The molecule has 122 valence electrons. The molecular weight excluding hydrogens is 272 g/mol. The maximum absolute atomic E-state index is 12.5. The average molecular weight is 302 g/mol. The molecule has 2 rings (SSSR count).